The van der Waals surface area contributed by atoms with Crippen LogP contribution < -0.4 is 5.32 Å². The van der Waals surface area contributed by atoms with E-state index >= 15 is 0 Å². The Morgan fingerprint density at radius 1 is 1.35 bits per heavy atom. The van der Waals surface area contributed by atoms with Crippen molar-refractivity contribution in [2.75, 3.05) is 25.0 Å². The standard InChI is InChI=1S/C9H15F3N4S/c1-3-13-8-7(14-15-17-8)5-16(4-2)6-9(10,11)12/h13H,3-6H2,1-2H3. The molecule has 1 rings (SSSR count). The molecule has 0 spiro atoms. The highest BCUT2D eigenvalue weighted by Gasteiger charge is 2.30. The van der Waals surface area contributed by atoms with Gasteiger partial charge in [0.2, 0.25) is 0 Å². The van der Waals surface area contributed by atoms with Crippen molar-refractivity contribution in [1.29, 1.82) is 0 Å². The van der Waals surface area contributed by atoms with Crippen LogP contribution in [0.3, 0.4) is 0 Å². The Balaban J connectivity index is 2.63. The van der Waals surface area contributed by atoms with Gasteiger partial charge in [0.25, 0.3) is 0 Å². The first-order valence-corrected chi connectivity index (χ1v) is 6.07. The Bertz CT molecular complexity index is 339. The van der Waals surface area contributed by atoms with Gasteiger partial charge >= 0.3 is 6.18 Å². The van der Waals surface area contributed by atoms with Crippen molar-refractivity contribution in [2.45, 2.75) is 26.6 Å². The van der Waals surface area contributed by atoms with Crippen molar-refractivity contribution >= 4 is 16.5 Å². The summed E-state index contributed by atoms with van der Waals surface area (Å²) in [6.07, 6.45) is -4.18. The quantitative estimate of drug-likeness (QED) is 0.860. The van der Waals surface area contributed by atoms with Crippen LogP contribution in [0, 0.1) is 0 Å². The highest BCUT2D eigenvalue weighted by molar-refractivity contribution is 7.10. The van der Waals surface area contributed by atoms with Gasteiger partial charge in [-0.15, -0.1) is 5.10 Å². The van der Waals surface area contributed by atoms with Gasteiger partial charge in [-0.05, 0) is 13.5 Å². The molecule has 0 aromatic carbocycles. The topological polar surface area (TPSA) is 41.1 Å². The van der Waals surface area contributed by atoms with Crippen LogP contribution in [0.25, 0.3) is 0 Å². The summed E-state index contributed by atoms with van der Waals surface area (Å²) in [7, 11) is 0. The van der Waals surface area contributed by atoms with E-state index in [1.165, 1.54) is 4.90 Å². The predicted molar refractivity (Wildman–Crippen MR) is 61.1 cm³/mol. The maximum atomic E-state index is 12.3. The van der Waals surface area contributed by atoms with E-state index in [1.54, 1.807) is 6.92 Å². The summed E-state index contributed by atoms with van der Waals surface area (Å²) in [5, 5.41) is 7.63. The lowest BCUT2D eigenvalue weighted by molar-refractivity contribution is -0.146. The molecule has 0 radical (unpaired) electrons. The zero-order valence-corrected chi connectivity index (χ0v) is 10.5. The second-order valence-electron chi connectivity index (χ2n) is 3.50. The molecule has 0 unspecified atom stereocenters. The number of nitrogens with zero attached hydrogens (tertiary/aromatic N) is 3. The van der Waals surface area contributed by atoms with Crippen molar-refractivity contribution < 1.29 is 13.2 Å². The van der Waals surface area contributed by atoms with Crippen LogP contribution in [-0.2, 0) is 6.54 Å². The maximum absolute atomic E-state index is 12.3. The summed E-state index contributed by atoms with van der Waals surface area (Å²) >= 11 is 1.16. The van der Waals surface area contributed by atoms with Crippen molar-refractivity contribution in [3.8, 4) is 0 Å². The average Bonchev–Trinajstić information content (AvgIpc) is 2.63. The SMILES string of the molecule is CCNc1snnc1CN(CC)CC(F)(F)F. The number of halogens is 3. The highest BCUT2D eigenvalue weighted by Crippen LogP contribution is 2.22. The molecule has 1 aromatic rings. The van der Waals surface area contributed by atoms with Gasteiger partial charge in [-0.25, -0.2) is 0 Å². The Morgan fingerprint density at radius 3 is 2.59 bits per heavy atom. The zero-order chi connectivity index (χ0) is 12.9. The first kappa shape index (κ1) is 14.2. The second kappa shape index (κ2) is 6.15. The molecule has 1 aromatic heterocycles. The van der Waals surface area contributed by atoms with Crippen LogP contribution in [0.4, 0.5) is 18.2 Å². The van der Waals surface area contributed by atoms with Gasteiger partial charge in [0, 0.05) is 24.6 Å². The average molecular weight is 268 g/mol. The number of anilines is 1. The normalized spacial score (nSPS) is 12.1. The minimum atomic E-state index is -4.18. The maximum Gasteiger partial charge on any atom is 0.401 e. The molecule has 0 aliphatic carbocycles. The Labute approximate surface area is 102 Å². The van der Waals surface area contributed by atoms with Crippen molar-refractivity contribution in [3.63, 3.8) is 0 Å². The minimum Gasteiger partial charge on any atom is -0.374 e. The van der Waals surface area contributed by atoms with Gasteiger partial charge in [0.05, 0.1) is 6.54 Å². The molecule has 0 atom stereocenters. The van der Waals surface area contributed by atoms with Gasteiger partial charge < -0.3 is 5.32 Å². The molecular weight excluding hydrogens is 253 g/mol. The molecule has 0 aliphatic heterocycles. The predicted octanol–water partition coefficient (Wildman–Crippen LogP) is 2.35. The van der Waals surface area contributed by atoms with E-state index in [9.17, 15) is 13.2 Å². The smallest absolute Gasteiger partial charge is 0.374 e. The summed E-state index contributed by atoms with van der Waals surface area (Å²) in [5.74, 6) is 0. The molecule has 0 fully saturated rings. The van der Waals surface area contributed by atoms with E-state index in [-0.39, 0.29) is 6.54 Å². The lowest BCUT2D eigenvalue weighted by Crippen LogP contribution is -2.33. The molecule has 17 heavy (non-hydrogen) atoms. The third-order valence-electron chi connectivity index (χ3n) is 2.12. The van der Waals surface area contributed by atoms with Crippen LogP contribution in [0.15, 0.2) is 0 Å². The van der Waals surface area contributed by atoms with Crippen molar-refractivity contribution in [2.24, 2.45) is 0 Å². The van der Waals surface area contributed by atoms with E-state index in [0.29, 0.717) is 18.8 Å². The number of nitrogens with one attached hydrogen (secondary N) is 1. The number of rotatable bonds is 6. The number of hydrogen-bond donors (Lipinski definition) is 1. The third kappa shape index (κ3) is 4.86. The molecule has 4 nitrogen and oxygen atoms in total. The van der Waals surface area contributed by atoms with Crippen LogP contribution in [-0.4, -0.2) is 40.3 Å². The zero-order valence-electron chi connectivity index (χ0n) is 9.71. The van der Waals surface area contributed by atoms with E-state index in [4.69, 9.17) is 0 Å². The molecule has 1 heterocycles. The summed E-state index contributed by atoms with van der Waals surface area (Å²) in [4.78, 5) is 1.29. The second-order valence-corrected chi connectivity index (χ2v) is 4.25. The molecule has 0 saturated heterocycles. The highest BCUT2D eigenvalue weighted by atomic mass is 32.1. The lowest BCUT2D eigenvalue weighted by atomic mass is 10.3. The van der Waals surface area contributed by atoms with E-state index in [0.717, 1.165) is 16.5 Å². The van der Waals surface area contributed by atoms with Gasteiger partial charge in [-0.1, -0.05) is 11.4 Å². The van der Waals surface area contributed by atoms with E-state index in [1.807, 2.05) is 6.92 Å². The molecule has 1 N–H and O–H groups in total. The number of hydrogen-bond acceptors (Lipinski definition) is 5. The molecule has 0 amide bonds. The van der Waals surface area contributed by atoms with Gasteiger partial charge in [0.1, 0.15) is 10.7 Å². The largest absolute Gasteiger partial charge is 0.401 e. The van der Waals surface area contributed by atoms with E-state index < -0.39 is 12.7 Å². The van der Waals surface area contributed by atoms with Gasteiger partial charge in [-0.3, -0.25) is 4.90 Å². The minimum absolute atomic E-state index is 0.162. The fourth-order valence-electron chi connectivity index (χ4n) is 1.35. The van der Waals surface area contributed by atoms with Gasteiger partial charge in [0.15, 0.2) is 0 Å². The van der Waals surface area contributed by atoms with Gasteiger partial charge in [-0.2, -0.15) is 13.2 Å². The molecule has 98 valence electrons. The summed E-state index contributed by atoms with van der Waals surface area (Å²) < 4.78 is 40.6. The molecular formula is C9H15F3N4S. The monoisotopic (exact) mass is 268 g/mol. The van der Waals surface area contributed by atoms with Crippen LogP contribution in [0.1, 0.15) is 19.5 Å². The molecule has 8 heteroatoms. The Morgan fingerprint density at radius 2 is 2.06 bits per heavy atom. The first-order valence-electron chi connectivity index (χ1n) is 5.30. The number of alkyl halides is 3. The van der Waals surface area contributed by atoms with Crippen LogP contribution >= 0.6 is 11.5 Å². The molecule has 0 bridgehead atoms. The fourth-order valence-corrected chi connectivity index (χ4v) is 1.99. The van der Waals surface area contributed by atoms with Crippen LogP contribution in [0.5, 0.6) is 0 Å². The summed E-state index contributed by atoms with van der Waals surface area (Å²) in [6.45, 7) is 3.86. The number of aromatic nitrogens is 2. The summed E-state index contributed by atoms with van der Waals surface area (Å²) in [5.41, 5.74) is 0.572. The lowest BCUT2D eigenvalue weighted by Gasteiger charge is -2.21. The Kier molecular flexibility index (Phi) is 5.13. The third-order valence-corrected chi connectivity index (χ3v) is 2.84. The molecule has 0 aliphatic rings. The molecule has 0 saturated carbocycles. The van der Waals surface area contributed by atoms with Crippen LogP contribution in [0.2, 0.25) is 0 Å². The summed E-state index contributed by atoms with van der Waals surface area (Å²) in [6, 6.07) is 0. The van der Waals surface area contributed by atoms with Crippen molar-refractivity contribution in [3.05, 3.63) is 5.69 Å². The Hall–Kier alpha value is -0.890. The van der Waals surface area contributed by atoms with E-state index in [2.05, 4.69) is 14.9 Å². The van der Waals surface area contributed by atoms with Crippen molar-refractivity contribution in [1.82, 2.24) is 14.5 Å². The first-order chi connectivity index (χ1) is 7.96. The fraction of sp³-hybridized carbons (Fsp3) is 0.778.